The molecular formula is C26H42O5. The monoisotopic (exact) mass is 434 g/mol. The van der Waals surface area contributed by atoms with Gasteiger partial charge in [0.2, 0.25) is 0 Å². The van der Waals surface area contributed by atoms with E-state index in [0.717, 1.165) is 44.9 Å². The molecule has 0 N–H and O–H groups in total. The van der Waals surface area contributed by atoms with Crippen LogP contribution in [0.4, 0.5) is 0 Å². The van der Waals surface area contributed by atoms with Gasteiger partial charge in [-0.3, -0.25) is 9.59 Å². The first-order chi connectivity index (χ1) is 14.8. The number of hydrogen-bond donors (Lipinski definition) is 0. The summed E-state index contributed by atoms with van der Waals surface area (Å²) in [5, 5.41) is 0. The quantitative estimate of drug-likeness (QED) is 0.216. The molecule has 2 unspecified atom stereocenters. The molecule has 1 aliphatic rings. The summed E-state index contributed by atoms with van der Waals surface area (Å²) < 4.78 is 15.4. The lowest BCUT2D eigenvalue weighted by molar-refractivity contribution is -0.169. The fourth-order valence-corrected chi connectivity index (χ4v) is 3.87. The van der Waals surface area contributed by atoms with Crippen LogP contribution in [0.5, 0.6) is 0 Å². The molecule has 0 amide bonds. The maximum Gasteiger partial charge on any atom is 0.322 e. The number of carbonyl (C=O) groups is 2. The Kier molecular flexibility index (Phi) is 13.1. The van der Waals surface area contributed by atoms with Gasteiger partial charge < -0.3 is 14.2 Å². The molecule has 5 heteroatoms. The van der Waals surface area contributed by atoms with Crippen molar-refractivity contribution in [3.05, 3.63) is 34.9 Å². The molecule has 0 aliphatic carbocycles. The highest BCUT2D eigenvalue weighted by molar-refractivity contribution is 5.95. The van der Waals surface area contributed by atoms with E-state index in [2.05, 4.69) is 45.9 Å². The van der Waals surface area contributed by atoms with Gasteiger partial charge in [0.1, 0.15) is 0 Å². The van der Waals surface area contributed by atoms with Gasteiger partial charge in [-0.15, -0.1) is 0 Å². The Morgan fingerprint density at radius 3 is 1.90 bits per heavy atom. The molecule has 176 valence electrons. The fraction of sp³-hybridized carbons (Fsp3) is 0.692. The number of carbonyl (C=O) groups excluding carboxylic acids is 2. The molecule has 1 heterocycles. The number of rotatable bonds is 12. The summed E-state index contributed by atoms with van der Waals surface area (Å²) in [7, 11) is 2.56. The maximum absolute atomic E-state index is 11.9. The summed E-state index contributed by atoms with van der Waals surface area (Å²) >= 11 is 0. The van der Waals surface area contributed by atoms with Gasteiger partial charge in [0.25, 0.3) is 0 Å². The van der Waals surface area contributed by atoms with Crippen molar-refractivity contribution in [3.63, 3.8) is 0 Å². The molecule has 1 rings (SSSR count). The number of allylic oxidation sites excluding steroid dienone is 6. The molecule has 0 radical (unpaired) electrons. The SMILES string of the molecule is COC(=O)C(C(=O)OC)C1CCC(CC/C=C(\C)CC/C=C(\C)CCC=C(C)C)CO1. The number of methoxy groups -OCH3 is 2. The Hall–Kier alpha value is -1.88. The highest BCUT2D eigenvalue weighted by atomic mass is 16.6. The van der Waals surface area contributed by atoms with E-state index in [4.69, 9.17) is 14.2 Å². The van der Waals surface area contributed by atoms with E-state index >= 15 is 0 Å². The summed E-state index contributed by atoms with van der Waals surface area (Å²) in [5.41, 5.74) is 4.29. The van der Waals surface area contributed by atoms with Crippen molar-refractivity contribution in [1.82, 2.24) is 0 Å². The van der Waals surface area contributed by atoms with Gasteiger partial charge >= 0.3 is 11.9 Å². The highest BCUT2D eigenvalue weighted by Gasteiger charge is 2.39. The zero-order valence-electron chi connectivity index (χ0n) is 20.4. The van der Waals surface area contributed by atoms with Crippen LogP contribution < -0.4 is 0 Å². The van der Waals surface area contributed by atoms with Crippen molar-refractivity contribution in [2.75, 3.05) is 20.8 Å². The summed E-state index contributed by atoms with van der Waals surface area (Å²) in [4.78, 5) is 23.9. The summed E-state index contributed by atoms with van der Waals surface area (Å²) in [6.45, 7) is 9.28. The minimum atomic E-state index is -0.989. The molecule has 0 bridgehead atoms. The lowest BCUT2D eigenvalue weighted by atomic mass is 9.88. The second-order valence-corrected chi connectivity index (χ2v) is 8.88. The van der Waals surface area contributed by atoms with Gasteiger partial charge in [-0.1, -0.05) is 34.9 Å². The lowest BCUT2D eigenvalue weighted by Gasteiger charge is -2.31. The van der Waals surface area contributed by atoms with E-state index in [1.807, 2.05) is 0 Å². The lowest BCUT2D eigenvalue weighted by Crippen LogP contribution is -2.41. The van der Waals surface area contributed by atoms with Gasteiger partial charge in [0.15, 0.2) is 5.92 Å². The van der Waals surface area contributed by atoms with Crippen molar-refractivity contribution < 1.29 is 23.8 Å². The molecule has 1 aliphatic heterocycles. The van der Waals surface area contributed by atoms with Crippen LogP contribution in [0.3, 0.4) is 0 Å². The summed E-state index contributed by atoms with van der Waals surface area (Å²) in [5.74, 6) is -1.71. The van der Waals surface area contributed by atoms with Gasteiger partial charge in [0.05, 0.1) is 20.3 Å². The molecule has 5 nitrogen and oxygen atoms in total. The van der Waals surface area contributed by atoms with Crippen LogP contribution in [0.2, 0.25) is 0 Å². The first kappa shape index (κ1) is 27.2. The topological polar surface area (TPSA) is 61.8 Å². The van der Waals surface area contributed by atoms with Crippen LogP contribution in [-0.2, 0) is 23.8 Å². The Labute approximate surface area is 188 Å². The van der Waals surface area contributed by atoms with Crippen molar-refractivity contribution in [2.24, 2.45) is 11.8 Å². The smallest absolute Gasteiger partial charge is 0.322 e. The van der Waals surface area contributed by atoms with Crippen molar-refractivity contribution in [2.45, 2.75) is 85.2 Å². The molecule has 1 saturated heterocycles. The third-order valence-electron chi connectivity index (χ3n) is 5.88. The largest absolute Gasteiger partial charge is 0.468 e. The Bertz CT molecular complexity index is 631. The zero-order chi connectivity index (χ0) is 23.2. The average Bonchev–Trinajstić information content (AvgIpc) is 2.74. The van der Waals surface area contributed by atoms with Crippen molar-refractivity contribution >= 4 is 11.9 Å². The molecule has 1 fully saturated rings. The van der Waals surface area contributed by atoms with E-state index < -0.39 is 24.0 Å². The Balaban J connectivity index is 2.34. The highest BCUT2D eigenvalue weighted by Crippen LogP contribution is 2.28. The minimum Gasteiger partial charge on any atom is -0.468 e. The molecule has 2 atom stereocenters. The van der Waals surface area contributed by atoms with Gasteiger partial charge in [-0.05, 0) is 85.0 Å². The zero-order valence-corrected chi connectivity index (χ0v) is 20.4. The molecule has 0 aromatic heterocycles. The average molecular weight is 435 g/mol. The third kappa shape index (κ3) is 10.8. The van der Waals surface area contributed by atoms with E-state index in [1.165, 1.54) is 30.9 Å². The van der Waals surface area contributed by atoms with Gasteiger partial charge in [0, 0.05) is 6.61 Å². The van der Waals surface area contributed by atoms with Gasteiger partial charge in [-0.2, -0.15) is 0 Å². The van der Waals surface area contributed by atoms with E-state index in [9.17, 15) is 9.59 Å². The molecule has 0 aromatic rings. The number of ether oxygens (including phenoxy) is 3. The molecular weight excluding hydrogens is 392 g/mol. The standard InChI is InChI=1S/C26H42O5/c1-19(2)10-7-11-20(3)12-8-13-21(4)14-9-15-22-16-17-23(31-18-22)24(25(27)29-5)26(28)30-6/h10,12,14,22-24H,7-9,11,13,15-18H2,1-6H3/b20-12+,21-14+. The summed E-state index contributed by atoms with van der Waals surface area (Å²) in [6, 6.07) is 0. The predicted molar refractivity (Wildman–Crippen MR) is 125 cm³/mol. The Morgan fingerprint density at radius 2 is 1.42 bits per heavy atom. The fourth-order valence-electron chi connectivity index (χ4n) is 3.87. The maximum atomic E-state index is 11.9. The van der Waals surface area contributed by atoms with Crippen molar-refractivity contribution in [3.8, 4) is 0 Å². The first-order valence-electron chi connectivity index (χ1n) is 11.5. The molecule has 0 spiro atoms. The van der Waals surface area contributed by atoms with Crippen LogP contribution in [0, 0.1) is 11.8 Å². The van der Waals surface area contributed by atoms with Crippen molar-refractivity contribution in [1.29, 1.82) is 0 Å². The molecule has 0 saturated carbocycles. The Morgan fingerprint density at radius 1 is 0.871 bits per heavy atom. The molecule has 0 aromatic carbocycles. The van der Waals surface area contributed by atoms with E-state index in [0.29, 0.717) is 18.9 Å². The first-order valence-corrected chi connectivity index (χ1v) is 11.5. The molecule has 31 heavy (non-hydrogen) atoms. The normalized spacial score (nSPS) is 19.8. The summed E-state index contributed by atoms with van der Waals surface area (Å²) in [6.07, 6.45) is 14.7. The predicted octanol–water partition coefficient (Wildman–Crippen LogP) is 5.94. The minimum absolute atomic E-state index is 0.452. The van der Waals surface area contributed by atoms with E-state index in [-0.39, 0.29) is 0 Å². The van der Waals surface area contributed by atoms with E-state index in [1.54, 1.807) is 0 Å². The van der Waals surface area contributed by atoms with Crippen LogP contribution in [-0.4, -0.2) is 38.9 Å². The van der Waals surface area contributed by atoms with Gasteiger partial charge in [-0.25, -0.2) is 0 Å². The van der Waals surface area contributed by atoms with Crippen LogP contribution in [0.1, 0.15) is 79.1 Å². The van der Waals surface area contributed by atoms with Crippen LogP contribution in [0.15, 0.2) is 34.9 Å². The second-order valence-electron chi connectivity index (χ2n) is 8.88. The van der Waals surface area contributed by atoms with Crippen LogP contribution in [0.25, 0.3) is 0 Å². The number of esters is 2. The second kappa shape index (κ2) is 15.0. The number of hydrogen-bond acceptors (Lipinski definition) is 5. The third-order valence-corrected chi connectivity index (χ3v) is 5.88. The van der Waals surface area contributed by atoms with Crippen LogP contribution >= 0.6 is 0 Å².